The molecule has 1 aromatic heterocycles. The maximum atomic E-state index is 12.2. The van der Waals surface area contributed by atoms with E-state index < -0.39 is 15.3 Å². The van der Waals surface area contributed by atoms with Crippen LogP contribution in [0.4, 0.5) is 0 Å². The van der Waals surface area contributed by atoms with Crippen LogP contribution in [0.1, 0.15) is 67.4 Å². The lowest BCUT2D eigenvalue weighted by atomic mass is 9.90. The van der Waals surface area contributed by atoms with Crippen molar-refractivity contribution < 1.29 is 8.42 Å². The molecular formula is C28H39N3O2S. The third kappa shape index (κ3) is 5.91. The Labute approximate surface area is 205 Å². The monoisotopic (exact) mass is 481 g/mol. The van der Waals surface area contributed by atoms with E-state index in [9.17, 15) is 8.42 Å². The predicted octanol–water partition coefficient (Wildman–Crippen LogP) is 5.62. The number of aromatic nitrogens is 1. The van der Waals surface area contributed by atoms with Crippen LogP contribution in [-0.2, 0) is 16.4 Å². The normalized spacial score (nSPS) is 17.7. The largest absolute Gasteiger partial charge is 0.361 e. The summed E-state index contributed by atoms with van der Waals surface area (Å²) in [5, 5.41) is 0.583. The first-order valence-corrected chi connectivity index (χ1v) is 14.2. The molecule has 1 aliphatic heterocycles. The van der Waals surface area contributed by atoms with E-state index in [2.05, 4.69) is 58.1 Å². The highest BCUT2D eigenvalue weighted by Crippen LogP contribution is 2.29. The Hall–Kier alpha value is -2.15. The van der Waals surface area contributed by atoms with Gasteiger partial charge < -0.3 is 9.88 Å². The third-order valence-electron chi connectivity index (χ3n) is 7.68. The Balaban J connectivity index is 1.27. The van der Waals surface area contributed by atoms with Gasteiger partial charge in [0.1, 0.15) is 0 Å². The van der Waals surface area contributed by atoms with Crippen LogP contribution < -0.4 is 4.72 Å². The number of hydrogen-bond donors (Lipinski definition) is 2. The molecule has 1 saturated heterocycles. The second-order valence-corrected chi connectivity index (χ2v) is 12.2. The lowest BCUT2D eigenvalue weighted by Crippen LogP contribution is -2.36. The smallest absolute Gasteiger partial charge is 0.218 e. The highest BCUT2D eigenvalue weighted by atomic mass is 32.2. The van der Waals surface area contributed by atoms with Gasteiger partial charge in [-0.05, 0) is 93.4 Å². The molecule has 3 aromatic rings. The number of nitrogens with zero attached hydrogens (tertiary/aromatic N) is 1. The topological polar surface area (TPSA) is 65.2 Å². The van der Waals surface area contributed by atoms with Gasteiger partial charge in [-0.2, -0.15) is 0 Å². The maximum absolute atomic E-state index is 12.2. The summed E-state index contributed by atoms with van der Waals surface area (Å²) in [7, 11) is -1.87. The van der Waals surface area contributed by atoms with Crippen LogP contribution in [0.3, 0.4) is 0 Å². The summed E-state index contributed by atoms with van der Waals surface area (Å²) >= 11 is 0. The predicted molar refractivity (Wildman–Crippen MR) is 142 cm³/mol. The van der Waals surface area contributed by atoms with Crippen molar-refractivity contribution in [1.82, 2.24) is 14.6 Å². The van der Waals surface area contributed by atoms with Crippen LogP contribution >= 0.6 is 0 Å². The summed E-state index contributed by atoms with van der Waals surface area (Å²) in [5.74, 6) is 1.39. The highest BCUT2D eigenvalue weighted by molar-refractivity contribution is 7.89. The second-order valence-electron chi connectivity index (χ2n) is 9.96. The number of benzene rings is 2. The summed E-state index contributed by atoms with van der Waals surface area (Å²) in [6.07, 6.45) is 8.14. The molecule has 2 unspecified atom stereocenters. The van der Waals surface area contributed by atoms with E-state index in [1.807, 2.05) is 18.2 Å². The molecule has 2 heterocycles. The minimum Gasteiger partial charge on any atom is -0.361 e. The van der Waals surface area contributed by atoms with Crippen molar-refractivity contribution in [2.45, 2.75) is 57.1 Å². The summed E-state index contributed by atoms with van der Waals surface area (Å²) in [4.78, 5) is 6.00. The maximum Gasteiger partial charge on any atom is 0.218 e. The molecule has 6 heteroatoms. The van der Waals surface area contributed by atoms with Gasteiger partial charge in [0.05, 0.1) is 5.25 Å². The molecule has 1 aliphatic rings. The van der Waals surface area contributed by atoms with Gasteiger partial charge in [-0.15, -0.1) is 0 Å². The van der Waals surface area contributed by atoms with Crippen LogP contribution in [0, 0.1) is 5.92 Å². The number of nitrogens with one attached hydrogen (secondary N) is 2. The van der Waals surface area contributed by atoms with E-state index >= 15 is 0 Å². The number of likely N-dealkylation sites (tertiary alicyclic amines) is 1. The number of aromatic amines is 1. The van der Waals surface area contributed by atoms with Gasteiger partial charge in [-0.3, -0.25) is 0 Å². The first-order valence-electron chi connectivity index (χ1n) is 12.7. The minimum absolute atomic E-state index is 0.570. The van der Waals surface area contributed by atoms with Gasteiger partial charge in [0.15, 0.2) is 0 Å². The number of aryl methyl sites for hydroxylation is 1. The first-order chi connectivity index (χ1) is 16.4. The number of H-pyrrole nitrogens is 1. The molecule has 0 saturated carbocycles. The van der Waals surface area contributed by atoms with Crippen molar-refractivity contribution >= 4 is 20.9 Å². The van der Waals surface area contributed by atoms with Crippen molar-refractivity contribution in [3.8, 4) is 0 Å². The average Bonchev–Trinajstić information content (AvgIpc) is 3.27. The molecular weight excluding hydrogens is 442 g/mol. The van der Waals surface area contributed by atoms with Gasteiger partial charge >= 0.3 is 0 Å². The SMILES string of the molecule is CNS(=O)(=O)C(C)c1ccc2[nH]cc(CCCC3CCN(CC(C)c4ccccc4)CC3)c2c1. The van der Waals surface area contributed by atoms with Crippen molar-refractivity contribution in [1.29, 1.82) is 0 Å². The summed E-state index contributed by atoms with van der Waals surface area (Å²) in [6, 6.07) is 16.8. The average molecular weight is 482 g/mol. The van der Waals surface area contributed by atoms with Crippen LogP contribution in [-0.4, -0.2) is 45.0 Å². The lowest BCUT2D eigenvalue weighted by molar-refractivity contribution is 0.171. The standard InChI is InChI=1S/C28H39N3O2S/c1-21(24-9-5-4-6-10-24)20-31-16-14-23(15-17-31)8-7-11-26-19-30-28-13-12-25(18-27(26)28)22(2)34(32,33)29-3/h4-6,9-10,12-13,18-19,21-23,29-30H,7-8,11,14-17,20H2,1-3H3. The Morgan fingerprint density at radius 2 is 1.79 bits per heavy atom. The molecule has 0 radical (unpaired) electrons. The Kier molecular flexibility index (Phi) is 8.12. The van der Waals surface area contributed by atoms with E-state index in [4.69, 9.17) is 0 Å². The molecule has 0 spiro atoms. The van der Waals surface area contributed by atoms with Crippen molar-refractivity contribution in [2.24, 2.45) is 5.92 Å². The Bertz CT molecular complexity index is 1160. The molecule has 5 nitrogen and oxygen atoms in total. The van der Waals surface area contributed by atoms with Crippen LogP contribution in [0.15, 0.2) is 54.7 Å². The molecule has 0 aliphatic carbocycles. The molecule has 4 rings (SSSR count). The fourth-order valence-electron chi connectivity index (χ4n) is 5.32. The number of piperidine rings is 1. The molecule has 0 amide bonds. The van der Waals surface area contributed by atoms with Crippen LogP contribution in [0.5, 0.6) is 0 Å². The zero-order valence-corrected chi connectivity index (χ0v) is 21.6. The molecule has 2 N–H and O–H groups in total. The molecule has 184 valence electrons. The fraction of sp³-hybridized carbons (Fsp3) is 0.500. The van der Waals surface area contributed by atoms with Crippen molar-refractivity contribution in [3.05, 3.63) is 71.4 Å². The first kappa shape index (κ1) is 25.0. The van der Waals surface area contributed by atoms with E-state index in [0.717, 1.165) is 35.3 Å². The number of hydrogen-bond acceptors (Lipinski definition) is 3. The zero-order chi connectivity index (χ0) is 24.1. The zero-order valence-electron chi connectivity index (χ0n) is 20.8. The third-order valence-corrected chi connectivity index (χ3v) is 9.45. The van der Waals surface area contributed by atoms with E-state index in [1.165, 1.54) is 56.9 Å². The minimum atomic E-state index is -3.34. The second kappa shape index (κ2) is 11.1. The quantitative estimate of drug-likeness (QED) is 0.395. The summed E-state index contributed by atoms with van der Waals surface area (Å²) < 4.78 is 26.9. The van der Waals surface area contributed by atoms with Gasteiger partial charge in [-0.1, -0.05) is 49.7 Å². The molecule has 2 aromatic carbocycles. The molecule has 0 bridgehead atoms. The number of rotatable bonds is 10. The lowest BCUT2D eigenvalue weighted by Gasteiger charge is -2.33. The molecule has 34 heavy (non-hydrogen) atoms. The number of fused-ring (bicyclic) bond motifs is 1. The fourth-order valence-corrected chi connectivity index (χ4v) is 6.18. The summed E-state index contributed by atoms with van der Waals surface area (Å²) in [6.45, 7) is 7.64. The number of sulfonamides is 1. The summed E-state index contributed by atoms with van der Waals surface area (Å²) in [5.41, 5.74) is 4.64. The van der Waals surface area contributed by atoms with Crippen molar-refractivity contribution in [2.75, 3.05) is 26.7 Å². The van der Waals surface area contributed by atoms with Gasteiger partial charge in [0.2, 0.25) is 10.0 Å². The van der Waals surface area contributed by atoms with Gasteiger partial charge in [0, 0.05) is 23.6 Å². The highest BCUT2D eigenvalue weighted by Gasteiger charge is 2.22. The van der Waals surface area contributed by atoms with E-state index in [-0.39, 0.29) is 0 Å². The van der Waals surface area contributed by atoms with Crippen LogP contribution in [0.2, 0.25) is 0 Å². The molecule has 2 atom stereocenters. The van der Waals surface area contributed by atoms with Crippen LogP contribution in [0.25, 0.3) is 10.9 Å². The van der Waals surface area contributed by atoms with E-state index in [1.54, 1.807) is 6.92 Å². The molecule has 1 fully saturated rings. The Morgan fingerprint density at radius 1 is 1.06 bits per heavy atom. The van der Waals surface area contributed by atoms with Crippen molar-refractivity contribution in [3.63, 3.8) is 0 Å². The van der Waals surface area contributed by atoms with Gasteiger partial charge in [0.25, 0.3) is 0 Å². The van der Waals surface area contributed by atoms with E-state index in [0.29, 0.717) is 5.92 Å². The van der Waals surface area contributed by atoms with Gasteiger partial charge in [-0.25, -0.2) is 13.1 Å². The Morgan fingerprint density at radius 3 is 2.50 bits per heavy atom.